The summed E-state index contributed by atoms with van der Waals surface area (Å²) in [6, 6.07) is 4.55. The lowest BCUT2D eigenvalue weighted by molar-refractivity contribution is -0.0851. The molecule has 4 rings (SSSR count). The summed E-state index contributed by atoms with van der Waals surface area (Å²) >= 11 is 0. The molecule has 2 unspecified atom stereocenters. The number of aromatic nitrogens is 1. The molecule has 3 aliphatic rings. The highest BCUT2D eigenvalue weighted by Gasteiger charge is 2.44. The van der Waals surface area contributed by atoms with E-state index in [1.165, 1.54) is 7.11 Å². The lowest BCUT2D eigenvalue weighted by atomic mass is 9.85. The number of fused-ring (bicyclic) bond motifs is 2. The molecule has 3 saturated heterocycles. The second-order valence-corrected chi connectivity index (χ2v) is 7.61. The van der Waals surface area contributed by atoms with E-state index < -0.39 is 0 Å². The van der Waals surface area contributed by atoms with Gasteiger partial charge in [0.25, 0.3) is 5.56 Å². The van der Waals surface area contributed by atoms with E-state index in [0.717, 1.165) is 44.3 Å². The van der Waals surface area contributed by atoms with Gasteiger partial charge in [0.2, 0.25) is 0 Å². The maximum Gasteiger partial charge on any atom is 0.410 e. The van der Waals surface area contributed by atoms with E-state index in [1.807, 2.05) is 17.0 Å². The maximum absolute atomic E-state index is 12.1. The van der Waals surface area contributed by atoms with Gasteiger partial charge in [0.15, 0.2) is 0 Å². The largest absolute Gasteiger partial charge is 0.453 e. The molecule has 1 aromatic heterocycles. The predicted octanol–water partition coefficient (Wildman–Crippen LogP) is 1.55. The molecule has 142 valence electrons. The van der Waals surface area contributed by atoms with E-state index in [0.29, 0.717) is 25.2 Å². The number of pyridine rings is 1. The van der Waals surface area contributed by atoms with E-state index in [9.17, 15) is 9.59 Å². The fourth-order valence-electron chi connectivity index (χ4n) is 4.92. The topological polar surface area (TPSA) is 74.9 Å². The van der Waals surface area contributed by atoms with Crippen LogP contribution in [0.4, 0.5) is 4.79 Å². The molecule has 7 heteroatoms. The number of nitrogens with one attached hydrogen (secondary N) is 1. The summed E-state index contributed by atoms with van der Waals surface area (Å²) < 4.78 is 10.6. The van der Waals surface area contributed by atoms with Crippen molar-refractivity contribution in [2.75, 3.05) is 33.4 Å². The average Bonchev–Trinajstić information content (AvgIpc) is 2.67. The summed E-state index contributed by atoms with van der Waals surface area (Å²) in [4.78, 5) is 31.3. The Morgan fingerprint density at radius 3 is 2.50 bits per heavy atom. The van der Waals surface area contributed by atoms with Gasteiger partial charge in [0.05, 0.1) is 32.4 Å². The van der Waals surface area contributed by atoms with Gasteiger partial charge in [-0.2, -0.15) is 0 Å². The molecule has 2 atom stereocenters. The molecule has 1 aromatic rings. The van der Waals surface area contributed by atoms with Gasteiger partial charge in [-0.05, 0) is 50.8 Å². The number of aromatic amines is 1. The summed E-state index contributed by atoms with van der Waals surface area (Å²) in [6.07, 6.45) is 5.34. The third-order valence-corrected chi connectivity index (χ3v) is 6.22. The van der Waals surface area contributed by atoms with Crippen LogP contribution in [0.3, 0.4) is 0 Å². The van der Waals surface area contributed by atoms with Crippen LogP contribution in [0.5, 0.6) is 0 Å². The van der Waals surface area contributed by atoms with E-state index in [-0.39, 0.29) is 23.7 Å². The van der Waals surface area contributed by atoms with Crippen LogP contribution < -0.4 is 5.56 Å². The second kappa shape index (κ2) is 7.40. The molecule has 7 nitrogen and oxygen atoms in total. The van der Waals surface area contributed by atoms with Crippen LogP contribution in [0.25, 0.3) is 0 Å². The fraction of sp³-hybridized carbons (Fsp3) is 0.684. The van der Waals surface area contributed by atoms with E-state index in [4.69, 9.17) is 9.47 Å². The van der Waals surface area contributed by atoms with Crippen LogP contribution in [0.15, 0.2) is 23.1 Å². The lowest BCUT2D eigenvalue weighted by Gasteiger charge is -2.50. The Labute approximate surface area is 153 Å². The summed E-state index contributed by atoms with van der Waals surface area (Å²) in [5.41, 5.74) is 0.960. The van der Waals surface area contributed by atoms with Crippen molar-refractivity contribution in [3.8, 4) is 0 Å². The van der Waals surface area contributed by atoms with Gasteiger partial charge in [-0.3, -0.25) is 9.69 Å². The van der Waals surface area contributed by atoms with E-state index in [2.05, 4.69) is 9.88 Å². The summed E-state index contributed by atoms with van der Waals surface area (Å²) in [6.45, 7) is 3.19. The Hall–Kier alpha value is -1.86. The van der Waals surface area contributed by atoms with E-state index in [1.54, 1.807) is 6.20 Å². The van der Waals surface area contributed by atoms with Crippen LogP contribution in [0.1, 0.15) is 37.2 Å². The molecule has 3 fully saturated rings. The summed E-state index contributed by atoms with van der Waals surface area (Å²) in [5, 5.41) is 0. The zero-order valence-electron chi connectivity index (χ0n) is 15.2. The minimum absolute atomic E-state index is 0.0454. The molecule has 1 amide bonds. The Balaban J connectivity index is 1.39. The molecule has 2 bridgehead atoms. The SMILES string of the molecule is COC(=O)N1C2COCC1CC(N1CCC(c3ccc[nH]c3=O)CC1)C2. The highest BCUT2D eigenvalue weighted by Crippen LogP contribution is 2.34. The minimum atomic E-state index is -0.233. The molecule has 1 N–H and O–H groups in total. The number of H-pyrrole nitrogens is 1. The van der Waals surface area contributed by atoms with Gasteiger partial charge in [-0.15, -0.1) is 0 Å². The number of likely N-dealkylation sites (tertiary alicyclic amines) is 1. The Kier molecular flexibility index (Phi) is 5.00. The predicted molar refractivity (Wildman–Crippen MR) is 96.3 cm³/mol. The molecule has 3 aliphatic heterocycles. The first-order valence-corrected chi connectivity index (χ1v) is 9.53. The van der Waals surface area contributed by atoms with Crippen molar-refractivity contribution >= 4 is 6.09 Å². The standard InChI is InChI=1S/C19H27N3O4/c1-25-19(24)22-15-9-14(10-16(22)12-26-11-15)21-7-4-13(5-8-21)17-3-2-6-20-18(17)23/h2-3,6,13-16H,4-5,7-12H2,1H3,(H,20,23). The Morgan fingerprint density at radius 1 is 1.19 bits per heavy atom. The number of hydrogen-bond acceptors (Lipinski definition) is 5. The molecule has 26 heavy (non-hydrogen) atoms. The maximum atomic E-state index is 12.1. The van der Waals surface area contributed by atoms with Gasteiger partial charge in [0.1, 0.15) is 0 Å². The summed E-state index contributed by atoms with van der Waals surface area (Å²) in [5.74, 6) is 0.342. The van der Waals surface area contributed by atoms with Crippen molar-refractivity contribution in [1.29, 1.82) is 0 Å². The molecule has 0 saturated carbocycles. The van der Waals surface area contributed by atoms with Crippen LogP contribution >= 0.6 is 0 Å². The van der Waals surface area contributed by atoms with Crippen molar-refractivity contribution < 1.29 is 14.3 Å². The molecular formula is C19H27N3O4. The minimum Gasteiger partial charge on any atom is -0.453 e. The van der Waals surface area contributed by atoms with Crippen molar-refractivity contribution in [1.82, 2.24) is 14.8 Å². The lowest BCUT2D eigenvalue weighted by Crippen LogP contribution is -2.62. The zero-order chi connectivity index (χ0) is 18.1. The molecule has 0 radical (unpaired) electrons. The number of morpholine rings is 1. The molecule has 0 spiro atoms. The first kappa shape index (κ1) is 17.5. The number of carbonyl (C=O) groups excluding carboxylic acids is 1. The van der Waals surface area contributed by atoms with Crippen molar-refractivity contribution in [2.24, 2.45) is 0 Å². The highest BCUT2D eigenvalue weighted by molar-refractivity contribution is 5.68. The third kappa shape index (κ3) is 3.25. The number of nitrogens with zero attached hydrogens (tertiary/aromatic N) is 2. The highest BCUT2D eigenvalue weighted by atomic mass is 16.5. The monoisotopic (exact) mass is 361 g/mol. The summed E-state index contributed by atoms with van der Waals surface area (Å²) in [7, 11) is 1.45. The number of methoxy groups -OCH3 is 1. The number of piperidine rings is 2. The van der Waals surface area contributed by atoms with Crippen molar-refractivity contribution in [3.63, 3.8) is 0 Å². The first-order valence-electron chi connectivity index (χ1n) is 9.53. The quantitative estimate of drug-likeness (QED) is 0.865. The van der Waals surface area contributed by atoms with Crippen LogP contribution in [0, 0.1) is 0 Å². The van der Waals surface area contributed by atoms with Crippen LogP contribution in [-0.4, -0.2) is 72.4 Å². The normalized spacial score (nSPS) is 30.2. The Morgan fingerprint density at radius 2 is 1.88 bits per heavy atom. The van der Waals surface area contributed by atoms with Crippen molar-refractivity contribution in [3.05, 3.63) is 34.2 Å². The fourth-order valence-corrected chi connectivity index (χ4v) is 4.92. The number of amides is 1. The molecular weight excluding hydrogens is 334 g/mol. The van der Waals surface area contributed by atoms with Crippen LogP contribution in [0.2, 0.25) is 0 Å². The average molecular weight is 361 g/mol. The van der Waals surface area contributed by atoms with Crippen LogP contribution in [-0.2, 0) is 9.47 Å². The van der Waals surface area contributed by atoms with Gasteiger partial charge < -0.3 is 19.4 Å². The number of hydrogen-bond donors (Lipinski definition) is 1. The second-order valence-electron chi connectivity index (χ2n) is 7.61. The van der Waals surface area contributed by atoms with Gasteiger partial charge >= 0.3 is 6.09 Å². The van der Waals surface area contributed by atoms with Gasteiger partial charge in [-0.25, -0.2) is 4.79 Å². The third-order valence-electron chi connectivity index (χ3n) is 6.22. The molecule has 4 heterocycles. The van der Waals surface area contributed by atoms with Crippen molar-refractivity contribution in [2.45, 2.75) is 49.7 Å². The number of ether oxygens (including phenoxy) is 2. The number of carbonyl (C=O) groups is 1. The Bertz CT molecular complexity index is 684. The van der Waals surface area contributed by atoms with E-state index >= 15 is 0 Å². The molecule has 0 aliphatic carbocycles. The zero-order valence-corrected chi connectivity index (χ0v) is 15.2. The van der Waals surface area contributed by atoms with Gasteiger partial charge in [-0.1, -0.05) is 6.07 Å². The smallest absolute Gasteiger partial charge is 0.410 e. The molecule has 0 aromatic carbocycles. The first-order chi connectivity index (χ1) is 12.7. The number of rotatable bonds is 2. The van der Waals surface area contributed by atoms with Gasteiger partial charge in [0, 0.05) is 17.8 Å².